The van der Waals surface area contributed by atoms with Crippen molar-refractivity contribution >= 4 is 45.1 Å². The van der Waals surface area contributed by atoms with Crippen LogP contribution >= 0.6 is 11.6 Å². The summed E-state index contributed by atoms with van der Waals surface area (Å²) >= 11 is 5.98. The van der Waals surface area contributed by atoms with Crippen LogP contribution in [0.2, 0.25) is 5.15 Å². The Morgan fingerprint density at radius 3 is 1.63 bits per heavy atom. The van der Waals surface area contributed by atoms with E-state index in [1.807, 2.05) is 24.3 Å². The summed E-state index contributed by atoms with van der Waals surface area (Å²) in [5.74, 6) is 0.445. The molecule has 1 aliphatic rings. The van der Waals surface area contributed by atoms with Crippen molar-refractivity contribution in [2.24, 2.45) is 0 Å². The zero-order valence-corrected chi connectivity index (χ0v) is 27.5. The van der Waals surface area contributed by atoms with E-state index in [1.54, 1.807) is 24.3 Å². The third kappa shape index (κ3) is 7.70. The minimum Gasteiger partial charge on any atom is -0.465 e. The van der Waals surface area contributed by atoms with Gasteiger partial charge in [0, 0.05) is 45.3 Å². The average Bonchev–Trinajstić information content (AvgIpc) is 3.55. The second kappa shape index (κ2) is 14.6. The Balaban J connectivity index is 0.000000192. The molecule has 2 aromatic heterocycles. The Hall–Kier alpha value is -5.54. The molecule has 1 aliphatic heterocycles. The fraction of sp³-hybridized carbons (Fsp3) is 0.194. The van der Waals surface area contributed by atoms with Gasteiger partial charge in [0.05, 0.1) is 23.8 Å². The molecule has 16 heteroatoms. The number of fused-ring (bicyclic) bond motifs is 2. The van der Waals surface area contributed by atoms with E-state index in [4.69, 9.17) is 11.6 Å². The maximum absolute atomic E-state index is 12.9. The Morgan fingerprint density at radius 1 is 0.712 bits per heavy atom. The van der Waals surface area contributed by atoms with Crippen LogP contribution in [0.4, 0.5) is 37.0 Å². The number of aromatic nitrogens is 4. The van der Waals surface area contributed by atoms with Crippen LogP contribution in [0.15, 0.2) is 97.1 Å². The Labute approximate surface area is 296 Å². The number of amides is 1. The van der Waals surface area contributed by atoms with Gasteiger partial charge in [-0.2, -0.15) is 26.3 Å². The number of aliphatic hydroxyl groups is 1. The number of aliphatic hydroxyl groups excluding tert-OH is 1. The predicted molar refractivity (Wildman–Crippen MR) is 183 cm³/mol. The zero-order valence-electron chi connectivity index (χ0n) is 26.7. The van der Waals surface area contributed by atoms with E-state index in [1.165, 1.54) is 29.2 Å². The van der Waals surface area contributed by atoms with Crippen molar-refractivity contribution in [3.05, 3.63) is 113 Å². The minimum atomic E-state index is -4.42. The van der Waals surface area contributed by atoms with Crippen molar-refractivity contribution in [2.75, 3.05) is 18.5 Å². The number of rotatable bonds is 5. The fourth-order valence-electron chi connectivity index (χ4n) is 5.96. The molecule has 1 saturated heterocycles. The normalized spacial score (nSPS) is 16.1. The van der Waals surface area contributed by atoms with Crippen molar-refractivity contribution < 1.29 is 41.4 Å². The average molecular weight is 741 g/mol. The maximum Gasteiger partial charge on any atom is 0.416 e. The monoisotopic (exact) mass is 740 g/mol. The van der Waals surface area contributed by atoms with Gasteiger partial charge in [0.1, 0.15) is 11.4 Å². The summed E-state index contributed by atoms with van der Waals surface area (Å²) in [6.45, 7) is -0.0824. The summed E-state index contributed by atoms with van der Waals surface area (Å²) in [4.78, 5) is 12.5. The number of nitrogens with one attached hydrogen (secondary N) is 1. The van der Waals surface area contributed by atoms with Crippen LogP contribution in [0.5, 0.6) is 0 Å². The van der Waals surface area contributed by atoms with E-state index in [0.29, 0.717) is 50.9 Å². The van der Waals surface area contributed by atoms with Gasteiger partial charge < -0.3 is 20.4 Å². The van der Waals surface area contributed by atoms with Crippen LogP contribution in [-0.4, -0.2) is 66.8 Å². The lowest BCUT2D eigenvalue weighted by molar-refractivity contribution is -0.138. The molecule has 3 heterocycles. The van der Waals surface area contributed by atoms with Crippen LogP contribution in [0.1, 0.15) is 17.5 Å². The van der Waals surface area contributed by atoms with Gasteiger partial charge in [0.2, 0.25) is 0 Å². The topological polar surface area (TPSA) is 124 Å². The first-order chi connectivity index (χ1) is 24.7. The predicted octanol–water partition coefficient (Wildman–Crippen LogP) is 8.81. The third-order valence-corrected chi connectivity index (χ3v) is 8.79. The number of likely N-dealkylation sites (tertiary alicyclic amines) is 1. The van der Waals surface area contributed by atoms with Gasteiger partial charge in [-0.15, -0.1) is 20.4 Å². The summed E-state index contributed by atoms with van der Waals surface area (Å²) < 4.78 is 76.3. The quantitative estimate of drug-likeness (QED) is 0.150. The molecule has 4 aromatic carbocycles. The molecule has 9 nitrogen and oxygen atoms in total. The molecule has 0 bridgehead atoms. The summed E-state index contributed by atoms with van der Waals surface area (Å²) in [6.07, 6.45) is -9.46. The zero-order chi connectivity index (χ0) is 37.2. The lowest BCUT2D eigenvalue weighted by atomic mass is 10.0. The molecule has 1 amide bonds. The highest BCUT2D eigenvalue weighted by Gasteiger charge is 2.35. The van der Waals surface area contributed by atoms with Crippen molar-refractivity contribution in [1.29, 1.82) is 0 Å². The number of halogens is 7. The summed E-state index contributed by atoms with van der Waals surface area (Å²) in [5, 5.41) is 41.4. The molecular formula is C36H27ClF6N6O3. The lowest BCUT2D eigenvalue weighted by Gasteiger charge is -2.18. The highest BCUT2D eigenvalue weighted by molar-refractivity contribution is 6.34. The molecule has 3 N–H and O–H groups in total. The van der Waals surface area contributed by atoms with Gasteiger partial charge in [0.25, 0.3) is 0 Å². The van der Waals surface area contributed by atoms with E-state index in [0.717, 1.165) is 29.7 Å². The number of alkyl halides is 6. The van der Waals surface area contributed by atoms with Crippen molar-refractivity contribution in [1.82, 2.24) is 25.3 Å². The standard InChI is InChI=1S/C21H19F3N4O3.C15H8ClF3N2/c22-21(23,24)13-7-5-12(6-8-13)18-16-3-1-2-4-17(16)19(27-26-18)25-14-9-15(11-29)28(10-14)20(30)31;16-14-12-4-2-1-3-11(12)13(20-21-14)9-5-7-10(8-6-9)15(17,18)19/h1-8,14-15,29H,9-11H2,(H,25,27)(H,30,31);1-8H/t14-,15-;/m0./s1. The van der Waals surface area contributed by atoms with Crippen LogP contribution in [0.25, 0.3) is 44.1 Å². The van der Waals surface area contributed by atoms with E-state index in [2.05, 4.69) is 25.7 Å². The van der Waals surface area contributed by atoms with Crippen molar-refractivity contribution in [3.63, 3.8) is 0 Å². The van der Waals surface area contributed by atoms with E-state index in [-0.39, 0.29) is 24.3 Å². The van der Waals surface area contributed by atoms with Gasteiger partial charge in [-0.05, 0) is 30.7 Å². The van der Waals surface area contributed by atoms with Gasteiger partial charge in [0.15, 0.2) is 11.0 Å². The smallest absolute Gasteiger partial charge is 0.416 e. The van der Waals surface area contributed by atoms with Crippen LogP contribution in [-0.2, 0) is 12.4 Å². The highest BCUT2D eigenvalue weighted by Crippen LogP contribution is 2.35. The third-order valence-electron chi connectivity index (χ3n) is 8.51. The molecule has 0 spiro atoms. The number of anilines is 1. The number of carboxylic acid groups (broad SMARTS) is 1. The molecule has 7 rings (SSSR count). The number of hydrogen-bond acceptors (Lipinski definition) is 7. The molecular weight excluding hydrogens is 714 g/mol. The first kappa shape index (κ1) is 36.3. The van der Waals surface area contributed by atoms with Gasteiger partial charge in [-0.25, -0.2) is 4.79 Å². The largest absolute Gasteiger partial charge is 0.465 e. The molecule has 0 saturated carbocycles. The number of nitrogens with zero attached hydrogens (tertiary/aromatic N) is 5. The van der Waals surface area contributed by atoms with Crippen molar-refractivity contribution in [3.8, 4) is 22.5 Å². The molecule has 0 unspecified atom stereocenters. The van der Waals surface area contributed by atoms with Crippen molar-refractivity contribution in [2.45, 2.75) is 30.9 Å². The van der Waals surface area contributed by atoms with Crippen LogP contribution in [0, 0.1) is 0 Å². The highest BCUT2D eigenvalue weighted by atomic mass is 35.5. The van der Waals surface area contributed by atoms with Crippen LogP contribution < -0.4 is 5.32 Å². The maximum atomic E-state index is 12.9. The molecule has 0 aliphatic carbocycles. The Bertz CT molecular complexity index is 2220. The first-order valence-electron chi connectivity index (χ1n) is 15.6. The Morgan fingerprint density at radius 2 is 1.17 bits per heavy atom. The summed E-state index contributed by atoms with van der Waals surface area (Å²) in [7, 11) is 0. The summed E-state index contributed by atoms with van der Waals surface area (Å²) in [6, 6.07) is 23.2. The lowest BCUT2D eigenvalue weighted by Crippen LogP contribution is -2.37. The summed E-state index contributed by atoms with van der Waals surface area (Å²) in [5.41, 5.74) is 0.572. The van der Waals surface area contributed by atoms with E-state index < -0.39 is 35.6 Å². The van der Waals surface area contributed by atoms with Gasteiger partial charge >= 0.3 is 18.4 Å². The fourth-order valence-corrected chi connectivity index (χ4v) is 6.17. The molecule has 268 valence electrons. The van der Waals surface area contributed by atoms with Gasteiger partial charge in [-0.3, -0.25) is 0 Å². The Kier molecular flexibility index (Phi) is 10.2. The number of benzene rings is 4. The number of carbonyl (C=O) groups is 1. The van der Waals surface area contributed by atoms with E-state index in [9.17, 15) is 41.4 Å². The molecule has 1 fully saturated rings. The number of hydrogen-bond donors (Lipinski definition) is 3. The molecule has 0 radical (unpaired) electrons. The second-order valence-corrected chi connectivity index (χ2v) is 12.2. The van der Waals surface area contributed by atoms with Crippen LogP contribution in [0.3, 0.4) is 0 Å². The first-order valence-corrected chi connectivity index (χ1v) is 16.0. The molecule has 2 atom stereocenters. The molecule has 52 heavy (non-hydrogen) atoms. The van der Waals surface area contributed by atoms with Gasteiger partial charge in [-0.1, -0.05) is 84.4 Å². The minimum absolute atomic E-state index is 0.192. The SMILES string of the molecule is FC(F)(F)c1ccc(-c2nnc(Cl)c3ccccc23)cc1.O=C(O)N1C[C@@H](Nc2nnc(-c3ccc(C(F)(F)F)cc3)c3ccccc23)C[C@H]1CO. The van der Waals surface area contributed by atoms with E-state index >= 15 is 0 Å². The second-order valence-electron chi connectivity index (χ2n) is 11.8. The molecule has 6 aromatic rings.